The summed E-state index contributed by atoms with van der Waals surface area (Å²) < 4.78 is 2.00. The third kappa shape index (κ3) is 5.36. The average Bonchev–Trinajstić information content (AvgIpc) is 3.03. The molecular weight excluding hydrogens is 409 g/mol. The van der Waals surface area contributed by atoms with Crippen molar-refractivity contribution in [2.75, 3.05) is 26.2 Å². The molecule has 6 nitrogen and oxygen atoms in total. The lowest BCUT2D eigenvalue weighted by atomic mass is 10.1. The van der Waals surface area contributed by atoms with Crippen molar-refractivity contribution >= 4 is 41.5 Å². The molecule has 2 N–H and O–H groups in total. The van der Waals surface area contributed by atoms with Crippen LogP contribution < -0.4 is 10.6 Å². The minimum absolute atomic E-state index is 0. The lowest BCUT2D eigenvalue weighted by Crippen LogP contribution is -2.50. The van der Waals surface area contributed by atoms with Crippen molar-refractivity contribution in [3.63, 3.8) is 0 Å². The molecule has 2 unspecified atom stereocenters. The highest BCUT2D eigenvalue weighted by Crippen LogP contribution is 2.25. The first-order chi connectivity index (χ1) is 12.5. The minimum Gasteiger partial charge on any atom is -0.348 e. The van der Waals surface area contributed by atoms with Gasteiger partial charge in [-0.25, -0.2) is 4.98 Å². The molecule has 0 bridgehead atoms. The monoisotopic (exact) mass is 431 g/mol. The topological polar surface area (TPSA) is 62.2 Å². The second-order valence-corrected chi connectivity index (χ2v) is 7.36. The van der Waals surface area contributed by atoms with Crippen molar-refractivity contribution in [3.8, 4) is 0 Å². The van der Waals surface area contributed by atoms with Gasteiger partial charge >= 0.3 is 0 Å². The molecular formula is C18H24Cl3N5O. The first kappa shape index (κ1) is 22.0. The molecule has 1 amide bonds. The standard InChI is InChI=1S/C18H23Cl2N5O.ClH/c1-12(13-3-4-14(19)15(20)9-13)23-17(26)11-25-8-5-21-10-16(25)18-22-6-7-24(18)2;/h3-4,6-7,9,12,16,21H,5,8,10-11H2,1-2H3,(H,23,26);1H. The maximum atomic E-state index is 12.6. The summed E-state index contributed by atoms with van der Waals surface area (Å²) in [5.74, 6) is 0.937. The van der Waals surface area contributed by atoms with E-state index >= 15 is 0 Å². The smallest absolute Gasteiger partial charge is 0.234 e. The van der Waals surface area contributed by atoms with E-state index in [1.54, 1.807) is 18.3 Å². The summed E-state index contributed by atoms with van der Waals surface area (Å²) in [6.07, 6.45) is 3.71. The van der Waals surface area contributed by atoms with Crippen LogP contribution in [0.5, 0.6) is 0 Å². The quantitative estimate of drug-likeness (QED) is 0.762. The summed E-state index contributed by atoms with van der Waals surface area (Å²) in [6.45, 7) is 4.69. The first-order valence-electron chi connectivity index (χ1n) is 8.62. The lowest BCUT2D eigenvalue weighted by Gasteiger charge is -2.35. The second kappa shape index (κ2) is 9.75. The van der Waals surface area contributed by atoms with Gasteiger partial charge in [0.2, 0.25) is 5.91 Å². The number of nitrogens with one attached hydrogen (secondary N) is 2. The molecule has 2 aromatic rings. The Morgan fingerprint density at radius 1 is 1.41 bits per heavy atom. The van der Waals surface area contributed by atoms with E-state index in [1.807, 2.05) is 30.8 Å². The van der Waals surface area contributed by atoms with Crippen LogP contribution in [0.25, 0.3) is 0 Å². The number of carbonyl (C=O) groups is 1. The van der Waals surface area contributed by atoms with E-state index in [0.717, 1.165) is 31.0 Å². The Labute approximate surface area is 175 Å². The molecule has 0 saturated carbocycles. The molecule has 1 saturated heterocycles. The number of imidazole rings is 1. The number of hydrogen-bond acceptors (Lipinski definition) is 4. The molecule has 3 rings (SSSR count). The highest BCUT2D eigenvalue weighted by molar-refractivity contribution is 6.42. The molecule has 1 aromatic heterocycles. The Bertz CT molecular complexity index is 782. The molecule has 1 aromatic carbocycles. The Hall–Kier alpha value is -1.31. The zero-order valence-electron chi connectivity index (χ0n) is 15.3. The molecule has 27 heavy (non-hydrogen) atoms. The van der Waals surface area contributed by atoms with Crippen LogP contribution in [0.3, 0.4) is 0 Å². The van der Waals surface area contributed by atoms with E-state index in [9.17, 15) is 4.79 Å². The number of aromatic nitrogens is 2. The zero-order chi connectivity index (χ0) is 18.7. The Kier molecular flexibility index (Phi) is 7.94. The summed E-state index contributed by atoms with van der Waals surface area (Å²) in [4.78, 5) is 19.2. The van der Waals surface area contributed by atoms with Crippen LogP contribution in [0.4, 0.5) is 0 Å². The Balaban J connectivity index is 0.00000261. The van der Waals surface area contributed by atoms with Crippen molar-refractivity contribution in [1.82, 2.24) is 25.1 Å². The van der Waals surface area contributed by atoms with Gasteiger partial charge in [0.15, 0.2) is 0 Å². The van der Waals surface area contributed by atoms with Gasteiger partial charge in [0.25, 0.3) is 0 Å². The van der Waals surface area contributed by atoms with E-state index in [1.165, 1.54) is 0 Å². The van der Waals surface area contributed by atoms with E-state index in [2.05, 4.69) is 20.5 Å². The number of amides is 1. The molecule has 0 aliphatic carbocycles. The number of piperazine rings is 1. The number of benzene rings is 1. The molecule has 9 heteroatoms. The summed E-state index contributed by atoms with van der Waals surface area (Å²) >= 11 is 12.0. The van der Waals surface area contributed by atoms with E-state index in [-0.39, 0.29) is 30.4 Å². The van der Waals surface area contributed by atoms with Gasteiger partial charge < -0.3 is 15.2 Å². The predicted molar refractivity (Wildman–Crippen MR) is 111 cm³/mol. The molecule has 148 valence electrons. The predicted octanol–water partition coefficient (Wildman–Crippen LogP) is 2.97. The molecule has 2 atom stereocenters. The van der Waals surface area contributed by atoms with Crippen LogP contribution in [0.2, 0.25) is 10.0 Å². The highest BCUT2D eigenvalue weighted by Gasteiger charge is 2.28. The van der Waals surface area contributed by atoms with E-state index < -0.39 is 0 Å². The second-order valence-electron chi connectivity index (χ2n) is 6.55. The zero-order valence-corrected chi connectivity index (χ0v) is 17.6. The number of nitrogens with zero attached hydrogens (tertiary/aromatic N) is 3. The van der Waals surface area contributed by atoms with Gasteiger partial charge in [0, 0.05) is 39.1 Å². The van der Waals surface area contributed by atoms with Gasteiger partial charge in [-0.05, 0) is 24.6 Å². The molecule has 1 aliphatic heterocycles. The van der Waals surface area contributed by atoms with Gasteiger partial charge in [-0.2, -0.15) is 0 Å². The van der Waals surface area contributed by atoms with Crippen molar-refractivity contribution in [3.05, 3.63) is 52.0 Å². The maximum absolute atomic E-state index is 12.6. The highest BCUT2D eigenvalue weighted by atomic mass is 35.5. The van der Waals surface area contributed by atoms with Crippen LogP contribution in [-0.4, -0.2) is 46.5 Å². The van der Waals surface area contributed by atoms with Crippen LogP contribution in [0, 0.1) is 0 Å². The van der Waals surface area contributed by atoms with Crippen LogP contribution in [-0.2, 0) is 11.8 Å². The van der Waals surface area contributed by atoms with Gasteiger partial charge in [-0.3, -0.25) is 9.69 Å². The number of rotatable bonds is 5. The van der Waals surface area contributed by atoms with E-state index in [4.69, 9.17) is 23.2 Å². The fraction of sp³-hybridized carbons (Fsp3) is 0.444. The summed E-state index contributed by atoms with van der Waals surface area (Å²) in [5, 5.41) is 7.41. The van der Waals surface area contributed by atoms with Crippen LogP contribution in [0.1, 0.15) is 30.4 Å². The van der Waals surface area contributed by atoms with Crippen LogP contribution >= 0.6 is 35.6 Å². The maximum Gasteiger partial charge on any atom is 0.234 e. The molecule has 1 fully saturated rings. The fourth-order valence-corrected chi connectivity index (χ4v) is 3.53. The third-order valence-electron chi connectivity index (χ3n) is 4.68. The fourth-order valence-electron chi connectivity index (χ4n) is 3.23. The van der Waals surface area contributed by atoms with Crippen molar-refractivity contribution in [2.24, 2.45) is 7.05 Å². The van der Waals surface area contributed by atoms with Crippen molar-refractivity contribution in [2.45, 2.75) is 19.0 Å². The summed E-state index contributed by atoms with van der Waals surface area (Å²) in [5.41, 5.74) is 0.925. The first-order valence-corrected chi connectivity index (χ1v) is 9.37. The number of carbonyl (C=O) groups excluding carboxylic acids is 1. The SMILES string of the molecule is CC(NC(=O)CN1CCNCC1c1nccn1C)c1ccc(Cl)c(Cl)c1.Cl. The van der Waals surface area contributed by atoms with Crippen LogP contribution in [0.15, 0.2) is 30.6 Å². The Morgan fingerprint density at radius 3 is 2.85 bits per heavy atom. The average molecular weight is 433 g/mol. The van der Waals surface area contributed by atoms with Gasteiger partial charge in [0.05, 0.1) is 28.7 Å². The molecule has 1 aliphatic rings. The minimum atomic E-state index is -0.146. The molecule has 2 heterocycles. The summed E-state index contributed by atoms with van der Waals surface area (Å²) in [7, 11) is 1.97. The number of hydrogen-bond donors (Lipinski definition) is 2. The van der Waals surface area contributed by atoms with Gasteiger partial charge in [-0.15, -0.1) is 12.4 Å². The van der Waals surface area contributed by atoms with Gasteiger partial charge in [0.1, 0.15) is 5.82 Å². The third-order valence-corrected chi connectivity index (χ3v) is 5.42. The normalized spacial score (nSPS) is 18.6. The Morgan fingerprint density at radius 2 is 2.19 bits per heavy atom. The summed E-state index contributed by atoms with van der Waals surface area (Å²) in [6, 6.07) is 5.34. The largest absolute Gasteiger partial charge is 0.348 e. The molecule has 0 radical (unpaired) electrons. The van der Waals surface area contributed by atoms with Gasteiger partial charge in [-0.1, -0.05) is 29.3 Å². The number of aryl methyl sites for hydroxylation is 1. The number of halogens is 3. The lowest BCUT2D eigenvalue weighted by molar-refractivity contribution is -0.123. The van der Waals surface area contributed by atoms with Crippen molar-refractivity contribution < 1.29 is 4.79 Å². The van der Waals surface area contributed by atoms with E-state index in [0.29, 0.717) is 16.6 Å². The molecule has 0 spiro atoms. The van der Waals surface area contributed by atoms with Crippen molar-refractivity contribution in [1.29, 1.82) is 0 Å².